The third-order valence-corrected chi connectivity index (χ3v) is 11.2. The van der Waals surface area contributed by atoms with Gasteiger partial charge in [0.25, 0.3) is 0 Å². The number of para-hydroxylation sites is 1. The van der Waals surface area contributed by atoms with Crippen molar-refractivity contribution in [3.8, 4) is 11.5 Å². The fourth-order valence-electron chi connectivity index (χ4n) is 7.38. The number of carbonyl (C=O) groups excluding carboxylic acids is 1. The summed E-state index contributed by atoms with van der Waals surface area (Å²) in [5.41, 5.74) is 2.08. The van der Waals surface area contributed by atoms with E-state index in [1.165, 1.54) is 35.5 Å². The lowest BCUT2D eigenvalue weighted by atomic mass is 9.82. The van der Waals surface area contributed by atoms with Gasteiger partial charge in [-0.2, -0.15) is 4.73 Å². The van der Waals surface area contributed by atoms with Gasteiger partial charge in [0.1, 0.15) is 22.0 Å². The quantitative estimate of drug-likeness (QED) is 0.108. The van der Waals surface area contributed by atoms with E-state index in [0.29, 0.717) is 57.6 Å². The highest BCUT2D eigenvalue weighted by molar-refractivity contribution is 6.35. The molecular weight excluding hydrogens is 724 g/mol. The summed E-state index contributed by atoms with van der Waals surface area (Å²) in [4.78, 5) is 30.3. The van der Waals surface area contributed by atoms with E-state index in [1.807, 2.05) is 12.1 Å². The van der Waals surface area contributed by atoms with E-state index < -0.39 is 23.8 Å². The van der Waals surface area contributed by atoms with Gasteiger partial charge in [0.2, 0.25) is 0 Å². The number of ether oxygens (including phenoxy) is 3. The number of halogens is 3. The topological polar surface area (TPSA) is 115 Å². The molecule has 4 heterocycles. The van der Waals surface area contributed by atoms with Crippen LogP contribution in [0.25, 0.3) is 0 Å². The van der Waals surface area contributed by atoms with Gasteiger partial charge < -0.3 is 24.5 Å². The molecule has 10 nitrogen and oxygen atoms in total. The first kappa shape index (κ1) is 36.8. The molecule has 53 heavy (non-hydrogen) atoms. The maximum absolute atomic E-state index is 15.4. The number of pyridine rings is 1. The van der Waals surface area contributed by atoms with Crippen molar-refractivity contribution >= 4 is 41.0 Å². The van der Waals surface area contributed by atoms with Crippen molar-refractivity contribution in [1.82, 2.24) is 4.90 Å². The van der Waals surface area contributed by atoms with E-state index >= 15 is 4.39 Å². The van der Waals surface area contributed by atoms with Gasteiger partial charge in [-0.3, -0.25) is 9.80 Å². The minimum absolute atomic E-state index is 0.00406. The molecule has 0 spiro atoms. The Morgan fingerprint density at radius 2 is 1.75 bits per heavy atom. The van der Waals surface area contributed by atoms with Crippen molar-refractivity contribution in [3.63, 3.8) is 0 Å². The molecule has 4 fully saturated rings. The second kappa shape index (κ2) is 15.8. The Morgan fingerprint density at radius 3 is 2.40 bits per heavy atom. The number of hydrogen-bond acceptors (Lipinski definition) is 7. The van der Waals surface area contributed by atoms with Gasteiger partial charge in [-0.25, -0.2) is 14.0 Å². The molecular formula is C40H40Cl2FN3O7. The van der Waals surface area contributed by atoms with Crippen LogP contribution in [0.4, 0.5) is 14.9 Å². The van der Waals surface area contributed by atoms with E-state index in [2.05, 4.69) is 4.90 Å². The minimum Gasteiger partial charge on any atom is -0.619 e. The van der Waals surface area contributed by atoms with E-state index in [-0.39, 0.29) is 46.3 Å². The molecule has 0 radical (unpaired) electrons. The second-order valence-corrected chi connectivity index (χ2v) is 14.9. The summed E-state index contributed by atoms with van der Waals surface area (Å²) in [7, 11) is 1.55. The zero-order valence-electron chi connectivity index (χ0n) is 29.2. The van der Waals surface area contributed by atoms with Crippen LogP contribution in [0.3, 0.4) is 0 Å². The highest BCUT2D eigenvalue weighted by Crippen LogP contribution is 2.41. The number of rotatable bonds is 13. The first-order valence-corrected chi connectivity index (χ1v) is 18.5. The average Bonchev–Trinajstić information content (AvgIpc) is 3.98. The van der Waals surface area contributed by atoms with Crippen LogP contribution in [-0.4, -0.2) is 61.5 Å². The Morgan fingerprint density at radius 1 is 1.02 bits per heavy atom. The van der Waals surface area contributed by atoms with Crippen molar-refractivity contribution in [2.75, 3.05) is 38.3 Å². The lowest BCUT2D eigenvalue weighted by Gasteiger charge is -2.44. The van der Waals surface area contributed by atoms with Crippen LogP contribution in [0, 0.1) is 22.9 Å². The second-order valence-electron chi connectivity index (χ2n) is 14.0. The van der Waals surface area contributed by atoms with Crippen molar-refractivity contribution in [1.29, 1.82) is 0 Å². The Hall–Kier alpha value is -4.58. The maximum atomic E-state index is 15.4. The van der Waals surface area contributed by atoms with Crippen molar-refractivity contribution in [2.24, 2.45) is 11.8 Å². The number of aromatic carboxylic acids is 1. The van der Waals surface area contributed by atoms with Crippen LogP contribution in [0.1, 0.15) is 64.2 Å². The van der Waals surface area contributed by atoms with Crippen LogP contribution in [0.2, 0.25) is 10.0 Å². The molecule has 1 saturated carbocycles. The largest absolute Gasteiger partial charge is 0.619 e. The monoisotopic (exact) mass is 763 g/mol. The van der Waals surface area contributed by atoms with Crippen molar-refractivity contribution in [2.45, 2.75) is 50.7 Å². The van der Waals surface area contributed by atoms with Crippen LogP contribution in [-0.2, 0) is 17.7 Å². The zero-order valence-corrected chi connectivity index (χ0v) is 30.7. The number of carboxylic acid groups (broad SMARTS) is 1. The summed E-state index contributed by atoms with van der Waals surface area (Å²) < 4.78 is 33.7. The van der Waals surface area contributed by atoms with Gasteiger partial charge in [-0.1, -0.05) is 53.5 Å². The van der Waals surface area contributed by atoms with E-state index in [9.17, 15) is 19.9 Å². The lowest BCUT2D eigenvalue weighted by molar-refractivity contribution is -0.605. The van der Waals surface area contributed by atoms with Crippen LogP contribution >= 0.6 is 23.2 Å². The Bertz CT molecular complexity index is 1980. The molecule has 1 amide bonds. The summed E-state index contributed by atoms with van der Waals surface area (Å²) in [5, 5.41) is 22.9. The van der Waals surface area contributed by atoms with Gasteiger partial charge >= 0.3 is 12.1 Å². The third kappa shape index (κ3) is 8.32. The highest BCUT2D eigenvalue weighted by atomic mass is 35.5. The molecule has 3 aliphatic heterocycles. The molecule has 278 valence electrons. The number of nitrogens with zero attached hydrogens (tertiary/aromatic N) is 3. The predicted molar refractivity (Wildman–Crippen MR) is 198 cm³/mol. The molecule has 1 aliphatic carbocycles. The summed E-state index contributed by atoms with van der Waals surface area (Å²) in [6, 6.07) is 16.2. The van der Waals surface area contributed by atoms with Crippen molar-refractivity contribution < 1.29 is 38.0 Å². The molecule has 0 unspecified atom stereocenters. The Kier molecular flexibility index (Phi) is 11.0. The third-order valence-electron chi connectivity index (χ3n) is 10.5. The highest BCUT2D eigenvalue weighted by Gasteiger charge is 2.38. The van der Waals surface area contributed by atoms with Gasteiger partial charge in [-0.15, -0.1) is 0 Å². The molecule has 3 saturated heterocycles. The Balaban J connectivity index is 1.29. The number of hydrogen-bond donors (Lipinski definition) is 1. The van der Waals surface area contributed by atoms with Gasteiger partial charge in [0.15, 0.2) is 23.9 Å². The normalized spacial score (nSPS) is 19.7. The van der Waals surface area contributed by atoms with E-state index in [4.69, 9.17) is 37.4 Å². The number of aromatic nitrogens is 1. The fraction of sp³-hybridized carbons (Fsp3) is 0.375. The first-order chi connectivity index (χ1) is 25.6. The van der Waals surface area contributed by atoms with Crippen molar-refractivity contribution in [3.05, 3.63) is 122 Å². The molecule has 2 bridgehead atoms. The van der Waals surface area contributed by atoms with E-state index in [1.54, 1.807) is 37.4 Å². The predicted octanol–water partition coefficient (Wildman–Crippen LogP) is 7.87. The van der Waals surface area contributed by atoms with Crippen LogP contribution in [0.5, 0.6) is 11.5 Å². The fourth-order valence-corrected chi connectivity index (χ4v) is 7.98. The molecule has 13 heteroatoms. The van der Waals surface area contributed by atoms with Crippen LogP contribution in [0.15, 0.2) is 73.1 Å². The Labute approximate surface area is 317 Å². The first-order valence-electron chi connectivity index (χ1n) is 17.8. The number of benzene rings is 3. The zero-order chi connectivity index (χ0) is 37.2. The number of piperidine rings is 3. The van der Waals surface area contributed by atoms with Gasteiger partial charge in [0, 0.05) is 18.0 Å². The van der Waals surface area contributed by atoms with Crippen LogP contribution < -0.4 is 19.1 Å². The smallest absolute Gasteiger partial charge is 0.415 e. The maximum Gasteiger partial charge on any atom is 0.415 e. The average molecular weight is 765 g/mol. The number of anilines is 1. The molecule has 1 N–H and O–H groups in total. The number of carbonyl (C=O) groups is 2. The summed E-state index contributed by atoms with van der Waals surface area (Å²) in [5.74, 6) is -0.739. The molecule has 8 rings (SSSR count). The molecule has 1 aromatic heterocycles. The molecule has 4 aromatic rings. The summed E-state index contributed by atoms with van der Waals surface area (Å²) >= 11 is 13.2. The summed E-state index contributed by atoms with van der Waals surface area (Å²) in [6.07, 6.45) is 5.53. The van der Waals surface area contributed by atoms with E-state index in [0.717, 1.165) is 38.8 Å². The molecule has 3 aromatic carbocycles. The van der Waals surface area contributed by atoms with Gasteiger partial charge in [0.05, 0.1) is 31.5 Å². The summed E-state index contributed by atoms with van der Waals surface area (Å²) in [6.45, 7) is 2.97. The lowest BCUT2D eigenvalue weighted by Crippen LogP contribution is -2.53. The number of carboxylic acids is 1. The molecule has 4 aliphatic rings. The molecule has 2 atom stereocenters. The number of fused-ring (bicyclic) bond motifs is 3. The van der Waals surface area contributed by atoms with Gasteiger partial charge in [-0.05, 0) is 104 Å². The number of amides is 1. The SMILES string of the molecule is COc1ccc([C@H](Cc2c(Cl)c[n+]([O-])cc2Cl)c2cc(CN(C(=O)O[C@H]3CN4CCC3CC4)c3ccccc3F)ccc2C(=O)O)cc1OCC1CC1. The standard InChI is InChI=1S/C40H40Cl2FN3O7/c1-51-36-11-9-27(17-37(36)52-23-24-6-7-24)29(18-31-32(41)20-45(50)21-33(31)42)30-16-25(8-10-28(30)39(47)48)19-46(35-5-3-2-4-34(35)43)40(49)53-38-22-44-14-12-26(38)13-15-44/h2-5,8-11,16-17,20-21,24,26,29,38H,6-7,12-15,18-19,22-23H2,1H3,(H,47,48)/t29-,38-/m0/s1. The minimum atomic E-state index is -1.18. The number of methoxy groups -OCH3 is 1.